The Morgan fingerprint density at radius 1 is 1.23 bits per heavy atom. The lowest BCUT2D eigenvalue weighted by atomic mass is 10.0. The van der Waals surface area contributed by atoms with Crippen molar-refractivity contribution in [2.45, 2.75) is 63.2 Å². The van der Waals surface area contributed by atoms with Gasteiger partial charge >= 0.3 is 5.97 Å². The number of hydrogen-bond acceptors (Lipinski definition) is 6. The first-order valence-electron chi connectivity index (χ1n) is 10.4. The average molecular weight is 434 g/mol. The van der Waals surface area contributed by atoms with E-state index in [4.69, 9.17) is 4.74 Å². The van der Waals surface area contributed by atoms with Crippen molar-refractivity contribution in [3.05, 3.63) is 47.8 Å². The number of carbonyl (C=O) groups is 1. The third-order valence-electron chi connectivity index (χ3n) is 5.38. The van der Waals surface area contributed by atoms with Crippen molar-refractivity contribution in [3.8, 4) is 0 Å². The maximum absolute atomic E-state index is 13.2. The predicted octanol–water partition coefficient (Wildman–Crippen LogP) is 3.04. The number of imidazole rings is 1. The first-order chi connectivity index (χ1) is 14.3. The summed E-state index contributed by atoms with van der Waals surface area (Å²) in [5.41, 5.74) is 1.55. The number of nitrogens with zero attached hydrogens (tertiary/aromatic N) is 3. The minimum Gasteiger partial charge on any atom is -0.468 e. The Kier molecular flexibility index (Phi) is 7.31. The number of rotatable bonds is 8. The van der Waals surface area contributed by atoms with Crippen LogP contribution in [0, 0.1) is 5.92 Å². The molecule has 7 nitrogen and oxygen atoms in total. The molecule has 1 aliphatic rings. The summed E-state index contributed by atoms with van der Waals surface area (Å²) in [6.07, 6.45) is 4.39. The number of hydrogen-bond donors (Lipinski definition) is 0. The van der Waals surface area contributed by atoms with E-state index < -0.39 is 9.84 Å². The lowest BCUT2D eigenvalue weighted by Crippen LogP contribution is -2.45. The van der Waals surface area contributed by atoms with Gasteiger partial charge < -0.3 is 9.30 Å². The highest BCUT2D eigenvalue weighted by Gasteiger charge is 2.31. The largest absolute Gasteiger partial charge is 0.468 e. The number of aromatic nitrogens is 2. The molecule has 2 heterocycles. The van der Waals surface area contributed by atoms with Crippen LogP contribution in [0.4, 0.5) is 0 Å². The molecular formula is C22H31N3O4S. The van der Waals surface area contributed by atoms with Crippen LogP contribution in [0.3, 0.4) is 0 Å². The van der Waals surface area contributed by atoms with E-state index in [1.807, 2.05) is 34.9 Å². The van der Waals surface area contributed by atoms with Crippen LogP contribution in [-0.2, 0) is 38.2 Å². The summed E-state index contributed by atoms with van der Waals surface area (Å²) in [5.74, 6) is -0.0698. The van der Waals surface area contributed by atoms with Crippen molar-refractivity contribution >= 4 is 15.8 Å². The Morgan fingerprint density at radius 2 is 1.97 bits per heavy atom. The fourth-order valence-electron chi connectivity index (χ4n) is 3.98. The summed E-state index contributed by atoms with van der Waals surface area (Å²) >= 11 is 0. The average Bonchev–Trinajstić information content (AvgIpc) is 3.10. The van der Waals surface area contributed by atoms with Gasteiger partial charge in [0.2, 0.25) is 15.0 Å². The normalized spacial score (nSPS) is 17.9. The van der Waals surface area contributed by atoms with Crippen LogP contribution in [-0.4, -0.2) is 48.5 Å². The van der Waals surface area contributed by atoms with Crippen LogP contribution in [0.25, 0.3) is 0 Å². The number of piperidine rings is 1. The van der Waals surface area contributed by atoms with Gasteiger partial charge in [-0.25, -0.2) is 13.4 Å². The van der Waals surface area contributed by atoms with E-state index in [2.05, 4.69) is 23.7 Å². The molecule has 1 aromatic heterocycles. The molecule has 3 rings (SSSR count). The zero-order valence-corrected chi connectivity index (χ0v) is 18.8. The van der Waals surface area contributed by atoms with Gasteiger partial charge in [-0.3, -0.25) is 9.69 Å². The highest BCUT2D eigenvalue weighted by Crippen LogP contribution is 2.24. The van der Waals surface area contributed by atoms with Gasteiger partial charge in [-0.1, -0.05) is 50.6 Å². The highest BCUT2D eigenvalue weighted by molar-refractivity contribution is 7.90. The van der Waals surface area contributed by atoms with Crippen molar-refractivity contribution in [2.75, 3.05) is 13.7 Å². The molecule has 0 saturated carbocycles. The maximum atomic E-state index is 13.2. The Morgan fingerprint density at radius 3 is 2.63 bits per heavy atom. The molecule has 0 aliphatic carbocycles. The van der Waals surface area contributed by atoms with E-state index in [9.17, 15) is 13.2 Å². The molecule has 30 heavy (non-hydrogen) atoms. The summed E-state index contributed by atoms with van der Waals surface area (Å²) in [4.78, 5) is 18.6. The van der Waals surface area contributed by atoms with Gasteiger partial charge in [0.1, 0.15) is 6.04 Å². The molecule has 1 atom stereocenters. The minimum atomic E-state index is -3.60. The summed E-state index contributed by atoms with van der Waals surface area (Å²) in [7, 11) is -2.19. The van der Waals surface area contributed by atoms with E-state index in [-0.39, 0.29) is 28.8 Å². The Balaban J connectivity index is 1.90. The Hall–Kier alpha value is -2.19. The first-order valence-corrected chi connectivity index (χ1v) is 12.1. The molecule has 1 fully saturated rings. The molecule has 0 amide bonds. The van der Waals surface area contributed by atoms with Gasteiger partial charge in [-0.2, -0.15) is 0 Å². The van der Waals surface area contributed by atoms with E-state index in [0.29, 0.717) is 13.1 Å². The minimum absolute atomic E-state index is 0.0864. The molecule has 1 unspecified atom stereocenters. The molecule has 164 valence electrons. The monoisotopic (exact) mass is 433 g/mol. The molecule has 2 aromatic rings. The lowest BCUT2D eigenvalue weighted by Gasteiger charge is -2.33. The molecule has 0 N–H and O–H groups in total. The van der Waals surface area contributed by atoms with Gasteiger partial charge in [0, 0.05) is 13.1 Å². The number of ether oxygens (including phenoxy) is 1. The third-order valence-corrected chi connectivity index (χ3v) is 6.97. The molecule has 8 heteroatoms. The van der Waals surface area contributed by atoms with E-state index in [1.165, 1.54) is 7.11 Å². The van der Waals surface area contributed by atoms with Crippen molar-refractivity contribution in [1.82, 2.24) is 14.5 Å². The quantitative estimate of drug-likeness (QED) is 0.595. The molecule has 1 aromatic carbocycles. The van der Waals surface area contributed by atoms with Crippen LogP contribution in [0.1, 0.15) is 44.4 Å². The SMILES string of the molecule is COC(=O)C1CCCCN1Cc1cnc(S(=O)(=O)Cc2ccccc2)n1CC(C)C. The number of benzene rings is 1. The number of sulfone groups is 1. The number of carbonyl (C=O) groups excluding carboxylic acids is 1. The smallest absolute Gasteiger partial charge is 0.323 e. The van der Waals surface area contributed by atoms with Crippen molar-refractivity contribution in [2.24, 2.45) is 5.92 Å². The van der Waals surface area contributed by atoms with Crippen molar-refractivity contribution < 1.29 is 17.9 Å². The molecule has 0 spiro atoms. The van der Waals surface area contributed by atoms with Gasteiger partial charge in [0.25, 0.3) is 0 Å². The lowest BCUT2D eigenvalue weighted by molar-refractivity contribution is -0.148. The Labute approximate surface area is 179 Å². The van der Waals surface area contributed by atoms with Gasteiger partial charge in [0.15, 0.2) is 0 Å². The third kappa shape index (κ3) is 5.29. The van der Waals surface area contributed by atoms with Gasteiger partial charge in [0.05, 0.1) is 24.8 Å². The fourth-order valence-corrected chi connectivity index (χ4v) is 5.48. The topological polar surface area (TPSA) is 81.5 Å². The summed E-state index contributed by atoms with van der Waals surface area (Å²) < 4.78 is 33.1. The van der Waals surface area contributed by atoms with Gasteiger partial charge in [-0.05, 0) is 30.9 Å². The van der Waals surface area contributed by atoms with Crippen LogP contribution in [0.5, 0.6) is 0 Å². The Bertz CT molecular complexity index is 954. The zero-order valence-electron chi connectivity index (χ0n) is 18.0. The first kappa shape index (κ1) is 22.5. The van der Waals surface area contributed by atoms with Crippen LogP contribution in [0.15, 0.2) is 41.7 Å². The van der Waals surface area contributed by atoms with Crippen LogP contribution in [0.2, 0.25) is 0 Å². The van der Waals surface area contributed by atoms with E-state index >= 15 is 0 Å². The molecule has 1 aliphatic heterocycles. The predicted molar refractivity (Wildman–Crippen MR) is 114 cm³/mol. The second-order valence-electron chi connectivity index (χ2n) is 8.29. The second kappa shape index (κ2) is 9.75. The van der Waals surface area contributed by atoms with E-state index in [0.717, 1.165) is 37.1 Å². The molecule has 1 saturated heterocycles. The molecule has 0 bridgehead atoms. The summed E-state index contributed by atoms with van der Waals surface area (Å²) in [6, 6.07) is 8.85. The zero-order chi connectivity index (χ0) is 21.7. The second-order valence-corrected chi connectivity index (χ2v) is 10.2. The van der Waals surface area contributed by atoms with Crippen LogP contribution < -0.4 is 0 Å². The van der Waals surface area contributed by atoms with Gasteiger partial charge in [-0.15, -0.1) is 0 Å². The standard InChI is InChI=1S/C22H31N3O4S/c1-17(2)14-25-19(15-24-12-8-7-11-20(24)21(26)29-3)13-23-22(25)30(27,28)16-18-9-5-4-6-10-18/h4-6,9-10,13,17,20H,7-8,11-12,14-16H2,1-3H3. The number of esters is 1. The van der Waals surface area contributed by atoms with Crippen molar-refractivity contribution in [1.29, 1.82) is 0 Å². The van der Waals surface area contributed by atoms with Crippen LogP contribution >= 0.6 is 0 Å². The van der Waals surface area contributed by atoms with E-state index in [1.54, 1.807) is 6.20 Å². The molecular weight excluding hydrogens is 402 g/mol. The maximum Gasteiger partial charge on any atom is 0.323 e. The summed E-state index contributed by atoms with van der Waals surface area (Å²) in [6.45, 7) is 5.90. The molecule has 0 radical (unpaired) electrons. The fraction of sp³-hybridized carbons (Fsp3) is 0.545. The van der Waals surface area contributed by atoms with Crippen molar-refractivity contribution in [3.63, 3.8) is 0 Å². The number of likely N-dealkylation sites (tertiary alicyclic amines) is 1. The summed E-state index contributed by atoms with van der Waals surface area (Å²) in [5, 5.41) is 0.0988. The number of methoxy groups -OCH3 is 1. The highest BCUT2D eigenvalue weighted by atomic mass is 32.2.